The molecule has 11 aromatic rings. The molecule has 0 saturated heterocycles. The summed E-state index contributed by atoms with van der Waals surface area (Å²) < 4.78 is 5.43. The molecule has 0 N–H and O–H groups in total. The van der Waals surface area contributed by atoms with Gasteiger partial charge in [0.2, 0.25) is 0 Å². The van der Waals surface area contributed by atoms with Crippen LogP contribution in [0.1, 0.15) is 0 Å². The Morgan fingerprint density at radius 1 is 0.260 bits per heavy atom. The van der Waals surface area contributed by atoms with Gasteiger partial charge in [0, 0.05) is 45.7 Å². The van der Waals surface area contributed by atoms with Crippen molar-refractivity contribution in [2.45, 2.75) is 0 Å². The van der Waals surface area contributed by atoms with Gasteiger partial charge in [-0.05, 0) is 84.6 Å². The third-order valence-electron chi connectivity index (χ3n) is 10.5. The van der Waals surface area contributed by atoms with Gasteiger partial charge in [0.15, 0.2) is 0 Å². The molecule has 0 aliphatic carbocycles. The van der Waals surface area contributed by atoms with Crippen LogP contribution in [0.2, 0.25) is 0 Å². The molecule has 0 atom stereocenters. The first-order chi connectivity index (χ1) is 24.8. The normalized spacial score (nSPS) is 12.0. The van der Waals surface area contributed by atoms with Crippen LogP contribution in [0.5, 0.6) is 0 Å². The highest BCUT2D eigenvalue weighted by atomic mass is 32.1. The maximum absolute atomic E-state index is 2.45. The Bertz CT molecular complexity index is 3070. The van der Waals surface area contributed by atoms with Crippen molar-refractivity contribution in [1.29, 1.82) is 0 Å². The molecule has 0 amide bonds. The zero-order valence-corrected chi connectivity index (χ0v) is 28.6. The lowest BCUT2D eigenvalue weighted by atomic mass is 9.85. The van der Waals surface area contributed by atoms with Gasteiger partial charge >= 0.3 is 0 Å². The second-order valence-electron chi connectivity index (χ2n) is 13.2. The summed E-state index contributed by atoms with van der Waals surface area (Å²) >= 11 is 3.83. The average molecular weight is 669 g/mol. The van der Waals surface area contributed by atoms with Gasteiger partial charge in [0.05, 0.1) is 0 Å². The fourth-order valence-corrected chi connectivity index (χ4v) is 10.6. The highest BCUT2D eigenvalue weighted by Gasteiger charge is 2.18. The molecule has 2 aromatic heterocycles. The van der Waals surface area contributed by atoms with Crippen molar-refractivity contribution in [2.24, 2.45) is 0 Å². The first-order valence-corrected chi connectivity index (χ1v) is 18.7. The van der Waals surface area contributed by atoms with Gasteiger partial charge in [-0.2, -0.15) is 0 Å². The molecule has 0 fully saturated rings. The Labute approximate surface area is 297 Å². The van der Waals surface area contributed by atoms with Crippen molar-refractivity contribution in [3.8, 4) is 33.4 Å². The van der Waals surface area contributed by atoms with Crippen molar-refractivity contribution in [3.63, 3.8) is 0 Å². The Morgan fingerprint density at radius 3 is 1.36 bits per heavy atom. The van der Waals surface area contributed by atoms with E-state index >= 15 is 0 Å². The molecule has 0 aliphatic rings. The van der Waals surface area contributed by atoms with E-state index in [0.29, 0.717) is 0 Å². The minimum absolute atomic E-state index is 1.24. The number of fused-ring (bicyclic) bond motifs is 10. The minimum atomic E-state index is 1.24. The summed E-state index contributed by atoms with van der Waals surface area (Å²) in [6.45, 7) is 0. The van der Waals surface area contributed by atoms with Gasteiger partial charge in [-0.3, -0.25) is 0 Å². The molecule has 0 aliphatic heterocycles. The van der Waals surface area contributed by atoms with E-state index in [9.17, 15) is 0 Å². The second-order valence-corrected chi connectivity index (χ2v) is 15.3. The summed E-state index contributed by atoms with van der Waals surface area (Å²) in [5, 5.41) is 13.2. The van der Waals surface area contributed by atoms with E-state index in [-0.39, 0.29) is 0 Å². The number of benzene rings is 9. The van der Waals surface area contributed by atoms with Crippen LogP contribution in [0, 0.1) is 0 Å². The van der Waals surface area contributed by atoms with Crippen LogP contribution in [0.4, 0.5) is 0 Å². The molecule has 2 heterocycles. The third kappa shape index (κ3) is 4.10. The van der Waals surface area contributed by atoms with E-state index in [0.717, 1.165) is 0 Å². The SMILES string of the molecule is c1ccc(-c2c3ccccc3c(-c3ccc(-c4cc5c6cc7sc8ccccc8c7cc6sc5c5ccccc45)cc3)c3ccccc23)cc1. The number of hydrogen-bond donors (Lipinski definition) is 0. The molecule has 9 aromatic carbocycles. The van der Waals surface area contributed by atoms with Gasteiger partial charge in [-0.15, -0.1) is 22.7 Å². The molecule has 0 spiro atoms. The first-order valence-electron chi connectivity index (χ1n) is 17.1. The Balaban J connectivity index is 1.12. The molecule has 50 heavy (non-hydrogen) atoms. The molecule has 0 bridgehead atoms. The fraction of sp³-hybridized carbons (Fsp3) is 0. The molecule has 2 heteroatoms. The highest BCUT2D eigenvalue weighted by Crippen LogP contribution is 2.47. The third-order valence-corrected chi connectivity index (χ3v) is 12.8. The molecule has 11 rings (SSSR count). The van der Waals surface area contributed by atoms with Gasteiger partial charge in [-0.1, -0.05) is 146 Å². The smallest absolute Gasteiger partial charge is 0.0434 e. The van der Waals surface area contributed by atoms with Gasteiger partial charge in [0.25, 0.3) is 0 Å². The van der Waals surface area contributed by atoms with Crippen molar-refractivity contribution in [2.75, 3.05) is 0 Å². The summed E-state index contributed by atoms with van der Waals surface area (Å²) in [4.78, 5) is 0. The lowest BCUT2D eigenvalue weighted by Gasteiger charge is -2.18. The van der Waals surface area contributed by atoms with E-state index in [1.807, 2.05) is 22.7 Å². The van der Waals surface area contributed by atoms with Crippen LogP contribution in [-0.2, 0) is 0 Å². The highest BCUT2D eigenvalue weighted by molar-refractivity contribution is 7.28. The largest absolute Gasteiger partial charge is 0.135 e. The van der Waals surface area contributed by atoms with Crippen LogP contribution < -0.4 is 0 Å². The lowest BCUT2D eigenvalue weighted by molar-refractivity contribution is 1.64. The Hall–Kier alpha value is -5.80. The van der Waals surface area contributed by atoms with Gasteiger partial charge < -0.3 is 0 Å². The van der Waals surface area contributed by atoms with E-state index in [1.54, 1.807) is 0 Å². The van der Waals surface area contributed by atoms with Crippen LogP contribution in [-0.4, -0.2) is 0 Å². The van der Waals surface area contributed by atoms with Crippen molar-refractivity contribution in [1.82, 2.24) is 0 Å². The summed E-state index contributed by atoms with van der Waals surface area (Å²) in [5.74, 6) is 0. The lowest BCUT2D eigenvalue weighted by Crippen LogP contribution is -1.91. The Morgan fingerprint density at radius 2 is 0.720 bits per heavy atom. The van der Waals surface area contributed by atoms with E-state index in [2.05, 4.69) is 170 Å². The zero-order chi connectivity index (χ0) is 32.8. The summed E-state index contributed by atoms with van der Waals surface area (Å²) in [7, 11) is 0. The Kier molecular flexibility index (Phi) is 6.09. The van der Waals surface area contributed by atoms with Crippen LogP contribution in [0.25, 0.3) is 106 Å². The first kappa shape index (κ1) is 28.1. The fourth-order valence-electron chi connectivity index (χ4n) is 8.23. The van der Waals surface area contributed by atoms with Crippen LogP contribution in [0.3, 0.4) is 0 Å². The average Bonchev–Trinajstić information content (AvgIpc) is 3.73. The predicted octanol–water partition coefficient (Wildman–Crippen LogP) is 14.9. The van der Waals surface area contributed by atoms with Gasteiger partial charge in [0.1, 0.15) is 0 Å². The predicted molar refractivity (Wildman–Crippen MR) is 221 cm³/mol. The van der Waals surface area contributed by atoms with E-state index in [1.165, 1.54) is 106 Å². The monoisotopic (exact) mass is 668 g/mol. The van der Waals surface area contributed by atoms with Crippen LogP contribution in [0.15, 0.2) is 170 Å². The minimum Gasteiger partial charge on any atom is -0.135 e. The van der Waals surface area contributed by atoms with Gasteiger partial charge in [-0.25, -0.2) is 0 Å². The molecule has 0 radical (unpaired) electrons. The molecule has 0 nitrogen and oxygen atoms in total. The van der Waals surface area contributed by atoms with E-state index < -0.39 is 0 Å². The maximum atomic E-state index is 2.45. The zero-order valence-electron chi connectivity index (χ0n) is 27.0. The summed E-state index contributed by atoms with van der Waals surface area (Å²) in [6.07, 6.45) is 0. The molecular weight excluding hydrogens is 641 g/mol. The number of thiophene rings is 2. The molecule has 0 saturated carbocycles. The summed E-state index contributed by atoms with van der Waals surface area (Å²) in [5.41, 5.74) is 7.60. The summed E-state index contributed by atoms with van der Waals surface area (Å²) in [6, 6.07) is 63.0. The molecule has 232 valence electrons. The van der Waals surface area contributed by atoms with Crippen molar-refractivity contribution < 1.29 is 0 Å². The molecule has 0 unspecified atom stereocenters. The topological polar surface area (TPSA) is 0 Å². The number of hydrogen-bond acceptors (Lipinski definition) is 2. The maximum Gasteiger partial charge on any atom is 0.0434 e. The van der Waals surface area contributed by atoms with Crippen LogP contribution >= 0.6 is 22.7 Å². The number of rotatable bonds is 3. The van der Waals surface area contributed by atoms with Crippen molar-refractivity contribution in [3.05, 3.63) is 170 Å². The molecular formula is C48H28S2. The quantitative estimate of drug-likeness (QED) is 0.164. The second kappa shape index (κ2) is 10.9. The van der Waals surface area contributed by atoms with Crippen molar-refractivity contribution >= 4 is 95.3 Å². The van der Waals surface area contributed by atoms with E-state index in [4.69, 9.17) is 0 Å². The standard InChI is InChI=1S/C48H28S2/c1-2-12-30(13-3-1)46-34-16-5-7-18-36(34)47(37-19-8-6-17-35(37)46)31-24-22-29(23-25-31)39-26-42-41-28-44-40(33-15-10-11-21-43(33)49-44)27-45(41)50-48(42)38-20-9-4-14-32(38)39/h1-28H.